The van der Waals surface area contributed by atoms with Crippen molar-refractivity contribution in [2.45, 2.75) is 84.7 Å². The summed E-state index contributed by atoms with van der Waals surface area (Å²) >= 11 is 0. The Morgan fingerprint density at radius 2 is 1.36 bits per heavy atom. The summed E-state index contributed by atoms with van der Waals surface area (Å²) in [5, 5.41) is 48.6. The molecule has 0 spiro atoms. The number of hydrogen-bond donors (Lipinski definition) is 2. The van der Waals surface area contributed by atoms with Crippen molar-refractivity contribution in [3.63, 3.8) is 0 Å². The predicted octanol–water partition coefficient (Wildman–Crippen LogP) is 5.06. The first kappa shape index (κ1) is 32.9. The second-order valence-corrected chi connectivity index (χ2v) is 10.8. The average Bonchev–Trinajstić information content (AvgIpc) is 2.76. The monoisotopic (exact) mass is 493 g/mol. The zero-order valence-corrected chi connectivity index (χ0v) is 20.9. The number of unbranched alkanes of at least 4 members (excludes halogenated alkanes) is 4. The van der Waals surface area contributed by atoms with E-state index in [0.29, 0.717) is 6.42 Å². The molecule has 33 heavy (non-hydrogen) atoms. The number of benzene rings is 1. The Labute approximate surface area is 196 Å². The third-order valence-electron chi connectivity index (χ3n) is 4.68. The van der Waals surface area contributed by atoms with E-state index in [0.717, 1.165) is 19.3 Å². The molecule has 1 atom stereocenters. The van der Waals surface area contributed by atoms with Crippen LogP contribution >= 0.6 is 7.71 Å². The summed E-state index contributed by atoms with van der Waals surface area (Å²) in [6.45, 7) is 5.99. The minimum atomic E-state index is -4.88. The van der Waals surface area contributed by atoms with Gasteiger partial charge >= 0.3 is 78.1 Å². The predicted molar refractivity (Wildman–Crippen MR) is 131 cm³/mol. The van der Waals surface area contributed by atoms with Crippen LogP contribution in [0.1, 0.15) is 77.7 Å². The summed E-state index contributed by atoms with van der Waals surface area (Å²) in [4.78, 5) is 31.2. The van der Waals surface area contributed by atoms with Crippen LogP contribution in [0.15, 0.2) is 30.3 Å². The zero-order chi connectivity index (χ0) is 25.7. The smallest absolute Gasteiger partial charge is 0.0434 e. The van der Waals surface area contributed by atoms with E-state index < -0.39 is 28.0 Å². The van der Waals surface area contributed by atoms with Gasteiger partial charge in [0.2, 0.25) is 0 Å². The first-order chi connectivity index (χ1) is 15.6. The molecule has 0 saturated carbocycles. The van der Waals surface area contributed by atoms with Gasteiger partial charge in [-0.15, -0.1) is 0 Å². The van der Waals surface area contributed by atoms with Crippen LogP contribution in [0, 0.1) is 30.3 Å². The van der Waals surface area contributed by atoms with E-state index in [9.17, 15) is 30.3 Å². The molecule has 12 heteroatoms. The molecule has 0 aliphatic carbocycles. The Morgan fingerprint density at radius 3 is 1.76 bits per heavy atom. The van der Waals surface area contributed by atoms with Crippen molar-refractivity contribution in [3.05, 3.63) is 66.2 Å². The van der Waals surface area contributed by atoms with Crippen LogP contribution in [0.5, 0.6) is 0 Å². The van der Waals surface area contributed by atoms with E-state index in [2.05, 4.69) is 19.1 Å². The van der Waals surface area contributed by atoms with Crippen molar-refractivity contribution < 1.29 is 24.3 Å². The van der Waals surface area contributed by atoms with Crippen LogP contribution < -0.4 is 0 Å². The van der Waals surface area contributed by atoms with Gasteiger partial charge in [0.1, 0.15) is 0 Å². The fourth-order valence-electron chi connectivity index (χ4n) is 2.68. The summed E-state index contributed by atoms with van der Waals surface area (Å²) in [5.74, 6) is 0. The molecule has 1 aromatic rings. The molecule has 0 saturated heterocycles. The number of rotatable bonds is 14. The second-order valence-electron chi connectivity index (χ2n) is 7.66. The molecule has 0 amide bonds. The maximum atomic E-state index is 10.4. The van der Waals surface area contributed by atoms with Crippen molar-refractivity contribution >= 4 is 7.71 Å². The molecule has 0 aliphatic rings. The maximum Gasteiger partial charge on any atom is 0.0434 e. The van der Waals surface area contributed by atoms with Crippen LogP contribution in [0.25, 0.3) is 0 Å². The first-order valence-electron chi connectivity index (χ1n) is 11.4. The molecule has 0 fully saturated rings. The summed E-state index contributed by atoms with van der Waals surface area (Å²) in [5.41, 5.74) is 1.30. The van der Waals surface area contributed by atoms with E-state index in [1.807, 2.05) is 25.1 Å². The summed E-state index contributed by atoms with van der Waals surface area (Å²) in [6.07, 6.45) is 7.79. The van der Waals surface area contributed by atoms with Crippen LogP contribution in [0.2, 0.25) is 0 Å². The van der Waals surface area contributed by atoms with Gasteiger partial charge in [-0.25, -0.2) is 0 Å². The van der Waals surface area contributed by atoms with Crippen molar-refractivity contribution in [2.24, 2.45) is 0 Å². The number of hydrogen-bond acceptors (Lipinski definition) is 8. The van der Waals surface area contributed by atoms with Crippen molar-refractivity contribution in [1.29, 1.82) is 0 Å². The molecule has 1 unspecified atom stereocenters. The fourth-order valence-corrected chi connectivity index (χ4v) is 4.46. The Balaban J connectivity index is 0. The van der Waals surface area contributed by atoms with Gasteiger partial charge in [-0.3, -0.25) is 0 Å². The van der Waals surface area contributed by atoms with E-state index in [1.165, 1.54) is 31.2 Å². The van der Waals surface area contributed by atoms with Gasteiger partial charge in [-0.2, -0.15) is 0 Å². The fraction of sp³-hybridized carbons (Fsp3) is 0.714. The minimum absolute atomic E-state index is 0.0955. The molecule has 11 nitrogen and oxygen atoms in total. The Hall–Kier alpha value is -2.23. The standard InChI is InChI=1S/C9H12O.C8H18O.C4H10N3O6P/c10-8-4-7-9-5-2-1-3-6-9;1-3-4-5-6-7-8(2)9;1-2-3-4-14(5(8)9,6(10)11)7(12)13/h1-3,5-6,10H,4,7-8H2;8-9H,3-7H2,1-2H3;14H,2-4H2,1H3. The molecule has 192 valence electrons. The third-order valence-corrected chi connectivity index (χ3v) is 7.46. The zero-order valence-electron chi connectivity index (χ0n) is 19.9. The van der Waals surface area contributed by atoms with Gasteiger partial charge < -0.3 is 10.2 Å². The van der Waals surface area contributed by atoms with Gasteiger partial charge in [-0.1, -0.05) is 62.9 Å². The molecule has 1 rings (SSSR count). The summed E-state index contributed by atoms with van der Waals surface area (Å²) in [6, 6.07) is 10.2. The van der Waals surface area contributed by atoms with Crippen LogP contribution in [-0.2, 0) is 6.42 Å². The van der Waals surface area contributed by atoms with Gasteiger partial charge in [0, 0.05) is 6.61 Å². The van der Waals surface area contributed by atoms with Gasteiger partial charge in [0.25, 0.3) is 0 Å². The van der Waals surface area contributed by atoms with Gasteiger partial charge in [-0.05, 0) is 31.7 Å². The summed E-state index contributed by atoms with van der Waals surface area (Å²) in [7, 11) is -4.88. The molecular weight excluding hydrogens is 453 g/mol. The Bertz CT molecular complexity index is 626. The van der Waals surface area contributed by atoms with Crippen LogP contribution in [0.3, 0.4) is 0 Å². The van der Waals surface area contributed by atoms with Crippen LogP contribution in [0.4, 0.5) is 0 Å². The number of aliphatic hydroxyl groups is 2. The SMILES string of the molecule is CCCCCCC(C)O.CCCC[PH]([N+](=O)[O-])([N+](=O)[O-])[N+](=O)[O-].OCCCc1ccccc1. The number of nitro groups is 3. The molecule has 2 N–H and O–H groups in total. The van der Waals surface area contributed by atoms with Gasteiger partial charge in [0.15, 0.2) is 0 Å². The Morgan fingerprint density at radius 1 is 0.848 bits per heavy atom. The molecule has 0 bridgehead atoms. The van der Waals surface area contributed by atoms with E-state index in [1.54, 1.807) is 6.92 Å². The molecule has 0 radical (unpaired) electrons. The quantitative estimate of drug-likeness (QED) is 0.157. The average molecular weight is 494 g/mol. The van der Waals surface area contributed by atoms with Crippen LogP contribution in [-0.4, -0.2) is 43.2 Å². The van der Waals surface area contributed by atoms with Gasteiger partial charge in [0.05, 0.1) is 6.10 Å². The number of aryl methyl sites for hydroxylation is 1. The number of aliphatic hydroxyl groups excluding tert-OH is 2. The largest absolute Gasteiger partial charge is 0.396 e. The van der Waals surface area contributed by atoms with E-state index in [4.69, 9.17) is 10.2 Å². The normalized spacial score (nSPS) is 11.8. The Kier molecular flexibility index (Phi) is 20.3. The molecule has 0 aliphatic heterocycles. The molecule has 0 aromatic heterocycles. The van der Waals surface area contributed by atoms with Crippen molar-refractivity contribution in [3.8, 4) is 0 Å². The van der Waals surface area contributed by atoms with E-state index >= 15 is 0 Å². The van der Waals surface area contributed by atoms with Crippen molar-refractivity contribution in [1.82, 2.24) is 0 Å². The summed E-state index contributed by atoms with van der Waals surface area (Å²) < 4.78 is -3.95. The second kappa shape index (κ2) is 20.4. The van der Waals surface area contributed by atoms with Crippen molar-refractivity contribution in [2.75, 3.05) is 12.8 Å². The third kappa shape index (κ3) is 15.3. The number of nitrogens with zero attached hydrogens (tertiary/aromatic N) is 3. The molecule has 1 aromatic carbocycles. The minimum Gasteiger partial charge on any atom is -0.396 e. The first-order valence-corrected chi connectivity index (χ1v) is 13.4. The molecule has 0 heterocycles. The topological polar surface area (TPSA) is 170 Å². The van der Waals surface area contributed by atoms with E-state index in [-0.39, 0.29) is 19.1 Å². The maximum absolute atomic E-state index is 10.4. The molecular formula is C21H40N3O8P.